The summed E-state index contributed by atoms with van der Waals surface area (Å²) in [5.74, 6) is -3.41. The monoisotopic (exact) mass is 1070 g/mol. The molecule has 17 heteroatoms. The first kappa shape index (κ1) is 57.1. The smallest absolute Gasteiger partial charge is 0.316 e. The number of fused-ring (bicyclic) bond motifs is 2. The molecule has 0 radical (unpaired) electrons. The zero-order chi connectivity index (χ0) is 56.0. The Kier molecular flexibility index (Phi) is 16.0. The zero-order valence-corrected chi connectivity index (χ0v) is 48.4. The molecule has 12 atom stereocenters. The molecule has 3 aromatic rings. The van der Waals surface area contributed by atoms with Crippen molar-refractivity contribution in [2.75, 3.05) is 38.2 Å². The molecule has 17 nitrogen and oxygen atoms in total. The van der Waals surface area contributed by atoms with Gasteiger partial charge in [-0.05, 0) is 110 Å². The number of aliphatic hydroxyl groups is 2. The number of aliphatic hydroxyl groups excluding tert-OH is 2. The van der Waals surface area contributed by atoms with E-state index in [-0.39, 0.29) is 45.4 Å². The predicted molar refractivity (Wildman–Crippen MR) is 289 cm³/mol. The van der Waals surface area contributed by atoms with Crippen LogP contribution in [0.3, 0.4) is 0 Å². The van der Waals surface area contributed by atoms with Gasteiger partial charge in [-0.2, -0.15) is 0 Å². The molecule has 10 bridgehead atoms. The quantitative estimate of drug-likeness (QED) is 0.167. The zero-order valence-electron chi connectivity index (χ0n) is 48.4. The van der Waals surface area contributed by atoms with Gasteiger partial charge in [-0.25, -0.2) is 4.98 Å². The van der Waals surface area contributed by atoms with Crippen LogP contribution in [0.5, 0.6) is 17.2 Å². The maximum atomic E-state index is 14.3. The Labute approximate surface area is 454 Å². The third-order valence-electron chi connectivity index (χ3n) is 18.8. The van der Waals surface area contributed by atoms with E-state index in [1.54, 1.807) is 48.5 Å². The summed E-state index contributed by atoms with van der Waals surface area (Å²) < 4.78 is 52.9. The summed E-state index contributed by atoms with van der Waals surface area (Å²) in [6.45, 7) is 26.7. The summed E-state index contributed by atoms with van der Waals surface area (Å²) in [6, 6.07) is 0. The van der Waals surface area contributed by atoms with E-state index >= 15 is 0 Å². The molecule has 3 aliphatic heterocycles. The third-order valence-corrected chi connectivity index (χ3v) is 18.8. The van der Waals surface area contributed by atoms with Gasteiger partial charge in [0.1, 0.15) is 28.8 Å². The molecule has 2 N–H and O–H groups in total. The van der Waals surface area contributed by atoms with Crippen LogP contribution in [-0.4, -0.2) is 119 Å². The highest BCUT2D eigenvalue weighted by molar-refractivity contribution is 6.19. The number of anilines is 1. The van der Waals surface area contributed by atoms with Crippen LogP contribution in [0.2, 0.25) is 0 Å². The van der Waals surface area contributed by atoms with Gasteiger partial charge in [-0.1, -0.05) is 41.0 Å². The van der Waals surface area contributed by atoms with Crippen LogP contribution in [0.4, 0.5) is 5.69 Å². The van der Waals surface area contributed by atoms with Gasteiger partial charge in [0.2, 0.25) is 5.79 Å². The fraction of sp³-hybridized carbons (Fsp3) is 0.750. The van der Waals surface area contributed by atoms with Crippen molar-refractivity contribution >= 4 is 51.4 Å². The molecule has 4 saturated carbocycles. The van der Waals surface area contributed by atoms with Crippen LogP contribution < -0.4 is 19.1 Å². The maximum Gasteiger partial charge on any atom is 0.316 e. The molecular weight excluding hydrogens is 987 g/mol. The predicted octanol–water partition coefficient (Wildman–Crippen LogP) is 9.88. The number of hydrogen-bond acceptors (Lipinski definition) is 17. The SMILES string of the molecule is COC1C(C)OC2(C)Oc3c(C)c(OC(=O)C(C)(C)C)c4c(c(OC(C)=O)c(N5CCN(C67CC8CC(CC(C8)C6)C7)CC5)c5nc(oc54)C(C)CCCC(C)C(O)C(C)C(O)C(C)C(OC(C)=O)C1C)c3C2OC(C)=O. The average Bonchev–Trinajstić information content (AvgIpc) is 3.99. The molecule has 1 aromatic heterocycles. The first-order valence-electron chi connectivity index (χ1n) is 28.6. The van der Waals surface area contributed by atoms with E-state index in [2.05, 4.69) is 9.80 Å². The fourth-order valence-corrected chi connectivity index (χ4v) is 15.3. The summed E-state index contributed by atoms with van der Waals surface area (Å²) in [4.78, 5) is 65.0. The van der Waals surface area contributed by atoms with Crippen molar-refractivity contribution in [3.05, 3.63) is 17.0 Å². The van der Waals surface area contributed by atoms with E-state index in [1.165, 1.54) is 66.4 Å². The third kappa shape index (κ3) is 10.6. The minimum Gasteiger partial charge on any atom is -0.462 e. The molecule has 0 amide bonds. The molecular formula is C60H87N3O14. The molecule has 10 rings (SSSR count). The number of carbonyl (C=O) groups is 4. The number of hydrogen-bond donors (Lipinski definition) is 2. The summed E-state index contributed by atoms with van der Waals surface area (Å²) in [5.41, 5.74) is 1.15. The van der Waals surface area contributed by atoms with E-state index in [0.717, 1.165) is 30.8 Å². The number of rotatable bonds is 7. The van der Waals surface area contributed by atoms with Gasteiger partial charge in [-0.15, -0.1) is 0 Å². The van der Waals surface area contributed by atoms with Crippen LogP contribution >= 0.6 is 0 Å². The lowest BCUT2D eigenvalue weighted by molar-refractivity contribution is -0.262. The first-order chi connectivity index (χ1) is 36.2. The van der Waals surface area contributed by atoms with Crippen molar-refractivity contribution in [1.82, 2.24) is 9.88 Å². The molecule has 0 spiro atoms. The standard InChI is InChI=1S/C60H87N3O14/c1-29-17-16-18-30(2)56-61-45-46(62-19-21-63(22-20-62)60-26-39-23-40(27-60)25-41(24-39)28-60)54(72-37(9)65)42-43(53(45)74-56)51(75-57(69)58(11,12)13)34(6)52-44(42)55(73-38(10)66)59(14,77-52)76-35(7)50(70-15)33(5)49(71-36(8)64)32(4)48(68)31(3)47(29)67/h29-33,35,39-41,47-50,55,67-68H,16-28H2,1-15H3. The molecule has 5 fully saturated rings. The Bertz CT molecular complexity index is 2700. The number of methoxy groups -OCH3 is 1. The Balaban J connectivity index is 1.28. The van der Waals surface area contributed by atoms with Gasteiger partial charge in [0.15, 0.2) is 23.3 Å². The van der Waals surface area contributed by atoms with E-state index < -0.39 is 89.5 Å². The Morgan fingerprint density at radius 2 is 1.35 bits per heavy atom. The molecule has 4 heterocycles. The fourth-order valence-electron chi connectivity index (χ4n) is 15.3. The van der Waals surface area contributed by atoms with Crippen molar-refractivity contribution in [3.63, 3.8) is 0 Å². The van der Waals surface area contributed by atoms with Crippen molar-refractivity contribution in [1.29, 1.82) is 0 Å². The largest absolute Gasteiger partial charge is 0.462 e. The summed E-state index contributed by atoms with van der Waals surface area (Å²) >= 11 is 0. The number of piperazine rings is 1. The second kappa shape index (κ2) is 21.5. The topological polar surface area (TPSA) is 206 Å². The number of carbonyl (C=O) groups excluding carboxylic acids is 4. The molecule has 2 aromatic carbocycles. The van der Waals surface area contributed by atoms with E-state index in [4.69, 9.17) is 42.6 Å². The number of ether oxygens (including phenoxy) is 7. The number of oxazole rings is 1. The van der Waals surface area contributed by atoms with Crippen molar-refractivity contribution in [2.24, 2.45) is 46.8 Å². The van der Waals surface area contributed by atoms with Gasteiger partial charge in [-0.3, -0.25) is 24.1 Å². The van der Waals surface area contributed by atoms with E-state index in [0.29, 0.717) is 66.2 Å². The van der Waals surface area contributed by atoms with Gasteiger partial charge in [0, 0.05) is 101 Å². The average molecular weight is 1070 g/mol. The van der Waals surface area contributed by atoms with Crippen LogP contribution in [0, 0.1) is 53.8 Å². The summed E-state index contributed by atoms with van der Waals surface area (Å²) in [5, 5.41) is 24.4. The van der Waals surface area contributed by atoms with Crippen molar-refractivity contribution in [2.45, 2.75) is 209 Å². The molecule has 1 saturated heterocycles. The number of esters is 4. The molecule has 77 heavy (non-hydrogen) atoms. The highest BCUT2D eigenvalue weighted by Gasteiger charge is 2.56. The summed E-state index contributed by atoms with van der Waals surface area (Å²) in [7, 11) is 1.52. The highest BCUT2D eigenvalue weighted by atomic mass is 16.7. The minimum absolute atomic E-state index is 0.0972. The Morgan fingerprint density at radius 3 is 1.91 bits per heavy atom. The second-order valence-corrected chi connectivity index (χ2v) is 25.8. The van der Waals surface area contributed by atoms with Gasteiger partial charge in [0.05, 0.1) is 40.8 Å². The van der Waals surface area contributed by atoms with Crippen LogP contribution in [0.15, 0.2) is 4.42 Å². The first-order valence-corrected chi connectivity index (χ1v) is 28.6. The van der Waals surface area contributed by atoms with Crippen molar-refractivity contribution < 1.29 is 67.0 Å². The minimum atomic E-state index is -1.84. The van der Waals surface area contributed by atoms with Crippen LogP contribution in [0.1, 0.15) is 177 Å². The lowest BCUT2D eigenvalue weighted by atomic mass is 9.52. The highest BCUT2D eigenvalue weighted by Crippen LogP contribution is 2.61. The Morgan fingerprint density at radius 1 is 0.740 bits per heavy atom. The molecule has 4 aliphatic carbocycles. The lowest BCUT2D eigenvalue weighted by Gasteiger charge is -2.61. The molecule has 12 unspecified atom stereocenters. The van der Waals surface area contributed by atoms with E-state index in [9.17, 15) is 29.4 Å². The number of aromatic nitrogens is 1. The molecule has 426 valence electrons. The summed E-state index contributed by atoms with van der Waals surface area (Å²) in [6.07, 6.45) is 3.69. The second-order valence-electron chi connectivity index (χ2n) is 25.8. The molecule has 7 aliphatic rings. The van der Waals surface area contributed by atoms with Crippen LogP contribution in [0.25, 0.3) is 21.9 Å². The normalized spacial score (nSPS) is 36.0. The maximum absolute atomic E-state index is 14.3. The number of benzene rings is 2. The Hall–Kier alpha value is -4.55. The van der Waals surface area contributed by atoms with Gasteiger partial charge < -0.3 is 52.7 Å². The van der Waals surface area contributed by atoms with Gasteiger partial charge in [0.25, 0.3) is 0 Å². The van der Waals surface area contributed by atoms with Crippen LogP contribution in [-0.2, 0) is 38.1 Å². The lowest BCUT2D eigenvalue weighted by Crippen LogP contribution is -2.64. The number of nitrogens with zero attached hydrogens (tertiary/aromatic N) is 3. The van der Waals surface area contributed by atoms with Gasteiger partial charge >= 0.3 is 23.9 Å². The van der Waals surface area contributed by atoms with E-state index in [1.807, 2.05) is 27.7 Å². The van der Waals surface area contributed by atoms with Crippen molar-refractivity contribution in [3.8, 4) is 17.2 Å².